The number of hydrogen-bond donors (Lipinski definition) is 1. The number of nitrogens with zero attached hydrogens (tertiary/aromatic N) is 3. The molecule has 0 aliphatic rings. The van der Waals surface area contributed by atoms with Crippen LogP contribution in [-0.4, -0.2) is 32.2 Å². The second kappa shape index (κ2) is 11.3. The highest BCUT2D eigenvalue weighted by Gasteiger charge is 2.35. The number of carbonyl (C=O) groups excluding carboxylic acids is 2. The number of Topliss-reactive ketones (excluding diaryl/α,β-unsaturated/α-hetero) is 1. The highest BCUT2D eigenvalue weighted by molar-refractivity contribution is 7.99. The summed E-state index contributed by atoms with van der Waals surface area (Å²) in [5, 5.41) is 10.3. The Kier molecular flexibility index (Phi) is 8.09. The summed E-state index contributed by atoms with van der Waals surface area (Å²) < 4.78 is 81.4. The molecule has 1 heterocycles. The van der Waals surface area contributed by atoms with Gasteiger partial charge in [-0.05, 0) is 30.3 Å². The van der Waals surface area contributed by atoms with Crippen molar-refractivity contribution in [2.45, 2.75) is 24.1 Å². The Morgan fingerprint density at radius 3 is 2.21 bits per heavy atom. The fourth-order valence-corrected chi connectivity index (χ4v) is 4.47. The molecular formula is C26H18F6N4O2S. The molecule has 39 heavy (non-hydrogen) atoms. The number of aromatic nitrogens is 3. The first-order valence-corrected chi connectivity index (χ1v) is 12.2. The molecule has 1 N–H and O–H groups in total. The van der Waals surface area contributed by atoms with Crippen LogP contribution in [0.25, 0.3) is 5.69 Å². The monoisotopic (exact) mass is 564 g/mol. The van der Waals surface area contributed by atoms with Gasteiger partial charge in [0.1, 0.15) is 0 Å². The number of halogens is 6. The summed E-state index contributed by atoms with van der Waals surface area (Å²) >= 11 is 0.913. The number of nitrogens with one attached hydrogen (secondary N) is 1. The van der Waals surface area contributed by atoms with Gasteiger partial charge in [-0.3, -0.25) is 14.2 Å². The molecule has 1 aromatic heterocycles. The Morgan fingerprint density at radius 1 is 0.821 bits per heavy atom. The van der Waals surface area contributed by atoms with Gasteiger partial charge in [-0.25, -0.2) is 0 Å². The van der Waals surface area contributed by atoms with Crippen molar-refractivity contribution in [1.29, 1.82) is 0 Å². The quantitative estimate of drug-likeness (QED) is 0.157. The van der Waals surface area contributed by atoms with Crippen molar-refractivity contribution < 1.29 is 35.9 Å². The second-order valence-corrected chi connectivity index (χ2v) is 9.03. The van der Waals surface area contributed by atoms with E-state index in [1.54, 1.807) is 30.3 Å². The number of ketones is 1. The summed E-state index contributed by atoms with van der Waals surface area (Å²) in [5.41, 5.74) is -2.31. The molecule has 4 rings (SSSR count). The number of hydrogen-bond acceptors (Lipinski definition) is 5. The molecule has 0 saturated heterocycles. The van der Waals surface area contributed by atoms with Crippen LogP contribution in [0.3, 0.4) is 0 Å². The number of alkyl halides is 6. The number of benzene rings is 3. The van der Waals surface area contributed by atoms with E-state index in [9.17, 15) is 35.9 Å². The number of amides is 1. The first kappa shape index (κ1) is 27.9. The molecule has 0 bridgehead atoms. The maximum absolute atomic E-state index is 13.4. The molecule has 0 radical (unpaired) electrons. The fraction of sp³-hybridized carbons (Fsp3) is 0.154. The minimum Gasteiger partial charge on any atom is -0.345 e. The van der Waals surface area contributed by atoms with Crippen molar-refractivity contribution in [2.75, 3.05) is 5.75 Å². The molecular weight excluding hydrogens is 546 g/mol. The van der Waals surface area contributed by atoms with Gasteiger partial charge < -0.3 is 5.32 Å². The Balaban J connectivity index is 1.64. The van der Waals surface area contributed by atoms with Crippen LogP contribution in [-0.2, 0) is 18.9 Å². The van der Waals surface area contributed by atoms with Crippen LogP contribution in [0.2, 0.25) is 0 Å². The van der Waals surface area contributed by atoms with Crippen LogP contribution >= 0.6 is 11.8 Å². The second-order valence-electron chi connectivity index (χ2n) is 8.09. The van der Waals surface area contributed by atoms with Crippen molar-refractivity contribution >= 4 is 23.5 Å². The molecule has 13 heteroatoms. The SMILES string of the molecule is O=C(CSc1nnc(CNC(=O)c2ccccc2C(F)(F)F)n1-c1cccc(C(F)(F)F)c1)c1ccccc1. The van der Waals surface area contributed by atoms with E-state index in [1.165, 1.54) is 22.8 Å². The number of rotatable bonds is 8. The zero-order valence-corrected chi connectivity index (χ0v) is 20.6. The zero-order chi connectivity index (χ0) is 28.2. The molecule has 6 nitrogen and oxygen atoms in total. The standard InChI is InChI=1S/C26H18F6N4O2S/c27-25(28,29)17-9-6-10-18(13-17)36-22(14-33-23(38)19-11-4-5-12-20(19)26(30,31)32)34-35-24(36)39-15-21(37)16-7-2-1-3-8-16/h1-13H,14-15H2,(H,33,38). The average Bonchev–Trinajstić information content (AvgIpc) is 3.32. The van der Waals surface area contributed by atoms with Gasteiger partial charge in [-0.2, -0.15) is 26.3 Å². The molecule has 0 spiro atoms. The topological polar surface area (TPSA) is 76.9 Å². The van der Waals surface area contributed by atoms with E-state index in [2.05, 4.69) is 15.5 Å². The van der Waals surface area contributed by atoms with Crippen LogP contribution in [0.4, 0.5) is 26.3 Å². The molecule has 0 fully saturated rings. The summed E-state index contributed by atoms with van der Waals surface area (Å²) in [7, 11) is 0. The lowest BCUT2D eigenvalue weighted by atomic mass is 10.1. The minimum atomic E-state index is -4.78. The maximum Gasteiger partial charge on any atom is 0.417 e. The normalized spacial score (nSPS) is 11.8. The molecule has 202 valence electrons. The third kappa shape index (κ3) is 6.66. The predicted molar refractivity (Wildman–Crippen MR) is 130 cm³/mol. The summed E-state index contributed by atoms with van der Waals surface area (Å²) in [5.74, 6) is -1.50. The highest BCUT2D eigenvalue weighted by Crippen LogP contribution is 2.33. The first-order valence-electron chi connectivity index (χ1n) is 11.2. The molecule has 0 unspecified atom stereocenters. The number of carbonyl (C=O) groups is 2. The average molecular weight is 565 g/mol. The minimum absolute atomic E-state index is 0.00979. The van der Waals surface area contributed by atoms with E-state index in [0.29, 0.717) is 5.56 Å². The Bertz CT molecular complexity index is 1490. The van der Waals surface area contributed by atoms with Gasteiger partial charge in [-0.1, -0.05) is 60.3 Å². The van der Waals surface area contributed by atoms with Crippen LogP contribution in [0.1, 0.15) is 37.7 Å². The third-order valence-electron chi connectivity index (χ3n) is 5.44. The van der Waals surface area contributed by atoms with E-state index in [1.807, 2.05) is 0 Å². The largest absolute Gasteiger partial charge is 0.417 e. The summed E-state index contributed by atoms with van der Waals surface area (Å²) in [6.07, 6.45) is -9.43. The molecule has 0 aliphatic carbocycles. The molecule has 3 aromatic carbocycles. The molecule has 1 amide bonds. The van der Waals surface area contributed by atoms with Crippen molar-refractivity contribution in [1.82, 2.24) is 20.1 Å². The summed E-state index contributed by atoms with van der Waals surface area (Å²) in [6, 6.07) is 16.7. The van der Waals surface area contributed by atoms with Crippen molar-refractivity contribution in [2.24, 2.45) is 0 Å². The fourth-order valence-electron chi connectivity index (χ4n) is 3.61. The van der Waals surface area contributed by atoms with Crippen LogP contribution in [0.15, 0.2) is 84.0 Å². The molecule has 0 saturated carbocycles. The van der Waals surface area contributed by atoms with Gasteiger partial charge >= 0.3 is 12.4 Å². The summed E-state index contributed by atoms with van der Waals surface area (Å²) in [6.45, 7) is -0.457. The van der Waals surface area contributed by atoms with E-state index in [4.69, 9.17) is 0 Å². The van der Waals surface area contributed by atoms with Gasteiger partial charge in [0.25, 0.3) is 5.91 Å². The van der Waals surface area contributed by atoms with Crippen LogP contribution in [0.5, 0.6) is 0 Å². The Morgan fingerprint density at radius 2 is 1.51 bits per heavy atom. The van der Waals surface area contributed by atoms with E-state index >= 15 is 0 Å². The Labute approximate surface area is 222 Å². The summed E-state index contributed by atoms with van der Waals surface area (Å²) in [4.78, 5) is 25.2. The smallest absolute Gasteiger partial charge is 0.345 e. The molecule has 0 atom stereocenters. The number of thioether (sulfide) groups is 1. The lowest BCUT2D eigenvalue weighted by Crippen LogP contribution is -2.27. The highest BCUT2D eigenvalue weighted by atomic mass is 32.2. The predicted octanol–water partition coefficient (Wildman–Crippen LogP) is 6.21. The zero-order valence-electron chi connectivity index (χ0n) is 19.8. The lowest BCUT2D eigenvalue weighted by molar-refractivity contribution is -0.138. The van der Waals surface area contributed by atoms with E-state index in [0.717, 1.165) is 42.1 Å². The maximum atomic E-state index is 13.4. The van der Waals surface area contributed by atoms with Gasteiger partial charge in [0.2, 0.25) is 0 Å². The van der Waals surface area contributed by atoms with Crippen molar-refractivity contribution in [3.8, 4) is 5.69 Å². The molecule has 0 aliphatic heterocycles. The van der Waals surface area contributed by atoms with E-state index in [-0.39, 0.29) is 28.2 Å². The van der Waals surface area contributed by atoms with Gasteiger partial charge in [-0.15, -0.1) is 10.2 Å². The first-order chi connectivity index (χ1) is 18.4. The van der Waals surface area contributed by atoms with Crippen molar-refractivity contribution in [3.05, 3.63) is 107 Å². The Hall–Kier alpha value is -4.13. The molecule has 4 aromatic rings. The van der Waals surface area contributed by atoms with Gasteiger partial charge in [0, 0.05) is 5.56 Å². The van der Waals surface area contributed by atoms with Gasteiger partial charge in [0.15, 0.2) is 16.8 Å². The van der Waals surface area contributed by atoms with Crippen molar-refractivity contribution in [3.63, 3.8) is 0 Å². The van der Waals surface area contributed by atoms with Gasteiger partial charge in [0.05, 0.1) is 34.7 Å². The lowest BCUT2D eigenvalue weighted by Gasteiger charge is -2.14. The third-order valence-corrected chi connectivity index (χ3v) is 6.37. The van der Waals surface area contributed by atoms with Crippen LogP contribution < -0.4 is 5.32 Å². The van der Waals surface area contributed by atoms with Crippen LogP contribution in [0, 0.1) is 0 Å². The van der Waals surface area contributed by atoms with E-state index < -0.39 is 41.5 Å².